The van der Waals surface area contributed by atoms with Crippen LogP contribution in [0.2, 0.25) is 0 Å². The third-order valence-electron chi connectivity index (χ3n) is 2.83. The Bertz CT molecular complexity index is 456. The van der Waals surface area contributed by atoms with E-state index < -0.39 is 0 Å². The summed E-state index contributed by atoms with van der Waals surface area (Å²) in [6.45, 7) is 14.0. The Morgan fingerprint density at radius 1 is 1.19 bits per heavy atom. The zero-order valence-corrected chi connectivity index (χ0v) is 14.0. The Kier molecular flexibility index (Phi) is 6.36. The quantitative estimate of drug-likeness (QED) is 0.457. The van der Waals surface area contributed by atoms with Crippen molar-refractivity contribution in [2.45, 2.75) is 47.0 Å². The van der Waals surface area contributed by atoms with Crippen LogP contribution in [0.5, 0.6) is 5.88 Å². The summed E-state index contributed by atoms with van der Waals surface area (Å²) in [5.74, 6) is 7.88. The highest BCUT2D eigenvalue weighted by Gasteiger charge is 2.21. The number of nitrogens with two attached hydrogens (primary N) is 1. The van der Waals surface area contributed by atoms with Crippen molar-refractivity contribution in [1.82, 2.24) is 9.97 Å². The summed E-state index contributed by atoms with van der Waals surface area (Å²) in [7, 11) is 0. The van der Waals surface area contributed by atoms with Crippen LogP contribution in [0.15, 0.2) is 0 Å². The molecule has 0 radical (unpaired) electrons. The maximum atomic E-state index is 5.73. The smallest absolute Gasteiger partial charge is 0.221 e. The molecule has 3 N–H and O–H groups in total. The highest BCUT2D eigenvalue weighted by atomic mass is 16.5. The number of nitrogen functional groups attached to an aromatic ring is 1. The monoisotopic (exact) mass is 296 g/mol. The van der Waals surface area contributed by atoms with Crippen molar-refractivity contribution in [1.29, 1.82) is 0 Å². The molecule has 0 atom stereocenters. The third kappa shape index (κ3) is 5.47. The number of nitrogens with zero attached hydrogens (tertiary/aromatic N) is 2. The van der Waals surface area contributed by atoms with Gasteiger partial charge in [-0.2, -0.15) is 4.98 Å². The highest BCUT2D eigenvalue weighted by molar-refractivity contribution is 5.48. The molecule has 0 unspecified atom stereocenters. The predicted molar refractivity (Wildman–Crippen MR) is 84.4 cm³/mol. The molecule has 0 fully saturated rings. The lowest BCUT2D eigenvalue weighted by molar-refractivity contribution is 0.0802. The number of hydrogen-bond acceptors (Lipinski definition) is 6. The van der Waals surface area contributed by atoms with Crippen molar-refractivity contribution in [2.24, 2.45) is 11.8 Å². The van der Waals surface area contributed by atoms with Gasteiger partial charge in [0.2, 0.25) is 5.88 Å². The van der Waals surface area contributed by atoms with Crippen LogP contribution in [0.4, 0.5) is 5.82 Å². The number of ether oxygens (including phenoxy) is 2. The molecule has 0 aliphatic heterocycles. The summed E-state index contributed by atoms with van der Waals surface area (Å²) >= 11 is 0. The molecule has 120 valence electrons. The summed E-state index contributed by atoms with van der Waals surface area (Å²) in [6.07, 6.45) is 0. The summed E-state index contributed by atoms with van der Waals surface area (Å²) in [4.78, 5) is 8.93. The minimum atomic E-state index is -0.175. The van der Waals surface area contributed by atoms with Gasteiger partial charge >= 0.3 is 0 Å². The van der Waals surface area contributed by atoms with Gasteiger partial charge in [-0.3, -0.25) is 0 Å². The predicted octanol–water partition coefficient (Wildman–Crippen LogP) is 2.42. The maximum Gasteiger partial charge on any atom is 0.221 e. The second kappa shape index (κ2) is 7.56. The number of hydrazine groups is 1. The summed E-state index contributed by atoms with van der Waals surface area (Å²) in [6, 6.07) is 0. The number of anilines is 1. The largest absolute Gasteiger partial charge is 0.475 e. The third-order valence-corrected chi connectivity index (χ3v) is 2.83. The molecule has 0 aliphatic rings. The maximum absolute atomic E-state index is 5.73. The Morgan fingerprint density at radius 2 is 1.86 bits per heavy atom. The van der Waals surface area contributed by atoms with Crippen LogP contribution in [-0.4, -0.2) is 29.8 Å². The van der Waals surface area contributed by atoms with Gasteiger partial charge < -0.3 is 14.9 Å². The van der Waals surface area contributed by atoms with Crippen molar-refractivity contribution in [3.8, 4) is 5.88 Å². The van der Waals surface area contributed by atoms with Gasteiger partial charge in [0.1, 0.15) is 12.4 Å². The van der Waals surface area contributed by atoms with E-state index in [1.807, 2.05) is 27.7 Å². The zero-order valence-electron chi connectivity index (χ0n) is 14.0. The average molecular weight is 296 g/mol. The van der Waals surface area contributed by atoms with Gasteiger partial charge in [0, 0.05) is 12.0 Å². The molecule has 1 aromatic rings. The van der Waals surface area contributed by atoms with Crippen LogP contribution in [0, 0.1) is 12.8 Å². The zero-order chi connectivity index (χ0) is 16.0. The van der Waals surface area contributed by atoms with Gasteiger partial charge in [-0.05, 0) is 12.8 Å². The van der Waals surface area contributed by atoms with Crippen molar-refractivity contribution < 1.29 is 9.47 Å². The molecule has 0 aliphatic carbocycles. The molecular weight excluding hydrogens is 268 g/mol. The normalized spacial score (nSPS) is 11.8. The van der Waals surface area contributed by atoms with Crippen LogP contribution < -0.4 is 16.0 Å². The molecule has 0 bridgehead atoms. The fourth-order valence-corrected chi connectivity index (χ4v) is 1.63. The Labute approximate surface area is 127 Å². The fourth-order valence-electron chi connectivity index (χ4n) is 1.63. The van der Waals surface area contributed by atoms with Gasteiger partial charge in [0.15, 0.2) is 5.82 Å². The van der Waals surface area contributed by atoms with E-state index in [2.05, 4.69) is 29.2 Å². The molecule has 0 aromatic carbocycles. The summed E-state index contributed by atoms with van der Waals surface area (Å²) in [5.41, 5.74) is 3.23. The van der Waals surface area contributed by atoms with E-state index >= 15 is 0 Å². The first kappa shape index (κ1) is 17.7. The van der Waals surface area contributed by atoms with Crippen molar-refractivity contribution >= 4 is 5.82 Å². The topological polar surface area (TPSA) is 82.3 Å². The summed E-state index contributed by atoms with van der Waals surface area (Å²) in [5, 5.41) is 0. The molecule has 1 rings (SSSR count). The second-order valence-corrected chi connectivity index (χ2v) is 6.54. The number of nitrogens with one attached hydrogen (secondary N) is 1. The molecule has 6 heteroatoms. The van der Waals surface area contributed by atoms with E-state index in [0.29, 0.717) is 36.7 Å². The molecule has 0 spiro atoms. The van der Waals surface area contributed by atoms with Crippen LogP contribution in [-0.2, 0) is 10.2 Å². The van der Waals surface area contributed by atoms with E-state index in [-0.39, 0.29) is 5.41 Å². The number of hydrogen-bond donors (Lipinski definition) is 2. The molecule has 0 amide bonds. The first-order valence-electron chi connectivity index (χ1n) is 7.32. The van der Waals surface area contributed by atoms with E-state index in [4.69, 9.17) is 15.3 Å². The van der Waals surface area contributed by atoms with E-state index in [1.165, 1.54) is 0 Å². The van der Waals surface area contributed by atoms with Crippen LogP contribution >= 0.6 is 0 Å². The standard InChI is InChI=1S/C15H28N4O2/c1-10(2)9-20-7-8-21-13-11(3)12(19-16)17-14(18-13)15(4,5)6/h10H,7-9,16H2,1-6H3,(H,17,18,19). The molecule has 0 saturated carbocycles. The second-order valence-electron chi connectivity index (χ2n) is 6.54. The summed E-state index contributed by atoms with van der Waals surface area (Å²) < 4.78 is 11.2. The van der Waals surface area contributed by atoms with E-state index in [9.17, 15) is 0 Å². The first-order chi connectivity index (χ1) is 9.75. The Balaban J connectivity index is 2.76. The first-order valence-corrected chi connectivity index (χ1v) is 7.32. The van der Waals surface area contributed by atoms with Crippen molar-refractivity contribution in [2.75, 3.05) is 25.2 Å². The number of rotatable bonds is 7. The van der Waals surface area contributed by atoms with E-state index in [1.54, 1.807) is 0 Å². The van der Waals surface area contributed by atoms with Gasteiger partial charge in [-0.1, -0.05) is 34.6 Å². The highest BCUT2D eigenvalue weighted by Crippen LogP contribution is 2.27. The molecule has 21 heavy (non-hydrogen) atoms. The van der Waals surface area contributed by atoms with Gasteiger partial charge in [-0.15, -0.1) is 0 Å². The molecule has 1 aromatic heterocycles. The van der Waals surface area contributed by atoms with E-state index in [0.717, 1.165) is 12.2 Å². The van der Waals surface area contributed by atoms with Crippen molar-refractivity contribution in [3.05, 3.63) is 11.4 Å². The van der Waals surface area contributed by atoms with Crippen LogP contribution in [0.1, 0.15) is 46.0 Å². The lowest BCUT2D eigenvalue weighted by Crippen LogP contribution is -2.21. The SMILES string of the molecule is Cc1c(NN)nc(C(C)(C)C)nc1OCCOCC(C)C. The van der Waals surface area contributed by atoms with Crippen LogP contribution in [0.3, 0.4) is 0 Å². The Morgan fingerprint density at radius 3 is 2.38 bits per heavy atom. The lowest BCUT2D eigenvalue weighted by atomic mass is 9.95. The van der Waals surface area contributed by atoms with Gasteiger partial charge in [0.25, 0.3) is 0 Å². The van der Waals surface area contributed by atoms with Crippen molar-refractivity contribution in [3.63, 3.8) is 0 Å². The lowest BCUT2D eigenvalue weighted by Gasteiger charge is -2.20. The van der Waals surface area contributed by atoms with Gasteiger partial charge in [-0.25, -0.2) is 10.8 Å². The minimum Gasteiger partial charge on any atom is -0.475 e. The average Bonchev–Trinajstić information content (AvgIpc) is 2.38. The number of aromatic nitrogens is 2. The Hall–Kier alpha value is -1.40. The molecule has 1 heterocycles. The molecular formula is C15H28N4O2. The van der Waals surface area contributed by atoms with Crippen LogP contribution in [0.25, 0.3) is 0 Å². The fraction of sp³-hybridized carbons (Fsp3) is 0.733. The molecule has 0 saturated heterocycles. The minimum absolute atomic E-state index is 0.175. The van der Waals surface area contributed by atoms with Gasteiger partial charge in [0.05, 0.1) is 12.2 Å². The molecule has 6 nitrogen and oxygen atoms in total.